The Morgan fingerprint density at radius 3 is 2.43 bits per heavy atom. The van der Waals surface area contributed by atoms with E-state index in [9.17, 15) is 9.59 Å². The second-order valence-corrected chi connectivity index (χ2v) is 10.4. The minimum Gasteiger partial charge on any atom is -0.481 e. The molecule has 0 saturated heterocycles. The molecule has 3 aromatic rings. The molecule has 2 saturated carbocycles. The molecular formula is C27H35N7O3. The Morgan fingerprint density at radius 2 is 1.78 bits per heavy atom. The number of amides is 2. The number of anilines is 1. The van der Waals surface area contributed by atoms with Gasteiger partial charge in [0.1, 0.15) is 11.7 Å². The number of carbonyl (C=O) groups excluding carboxylic acids is 2. The number of hydrogen-bond donors (Lipinski definition) is 2. The second kappa shape index (κ2) is 10.4. The Bertz CT molecular complexity index is 1250. The van der Waals surface area contributed by atoms with Gasteiger partial charge in [-0.15, -0.1) is 0 Å². The van der Waals surface area contributed by atoms with E-state index >= 15 is 0 Å². The van der Waals surface area contributed by atoms with Gasteiger partial charge in [-0.1, -0.05) is 0 Å². The molecule has 1 unspecified atom stereocenters. The molecule has 0 spiro atoms. The molecule has 2 amide bonds. The zero-order valence-corrected chi connectivity index (χ0v) is 21.8. The van der Waals surface area contributed by atoms with Gasteiger partial charge in [0.2, 0.25) is 11.8 Å². The fraction of sp³-hybridized carbons (Fsp3) is 0.519. The highest BCUT2D eigenvalue weighted by Gasteiger charge is 2.48. The lowest BCUT2D eigenvalue weighted by atomic mass is 9.88. The molecule has 5 rings (SSSR count). The second-order valence-electron chi connectivity index (χ2n) is 10.4. The normalized spacial score (nSPS) is 17.0. The lowest BCUT2D eigenvalue weighted by Crippen LogP contribution is -2.50. The molecule has 2 N–H and O–H groups in total. The van der Waals surface area contributed by atoms with Crippen LogP contribution >= 0.6 is 0 Å². The van der Waals surface area contributed by atoms with Gasteiger partial charge in [-0.2, -0.15) is 10.2 Å². The van der Waals surface area contributed by atoms with Crippen LogP contribution in [0, 0.1) is 17.8 Å². The quantitative estimate of drug-likeness (QED) is 0.409. The van der Waals surface area contributed by atoms with E-state index in [1.807, 2.05) is 32.9 Å². The van der Waals surface area contributed by atoms with Crippen LogP contribution in [0.15, 0.2) is 43.0 Å². The van der Waals surface area contributed by atoms with Crippen molar-refractivity contribution in [3.8, 4) is 5.88 Å². The Hall–Kier alpha value is -3.69. The zero-order chi connectivity index (χ0) is 26.1. The van der Waals surface area contributed by atoms with Crippen molar-refractivity contribution < 1.29 is 14.3 Å². The molecule has 2 fully saturated rings. The summed E-state index contributed by atoms with van der Waals surface area (Å²) in [4.78, 5) is 31.3. The molecule has 0 bridgehead atoms. The van der Waals surface area contributed by atoms with Gasteiger partial charge in [0.05, 0.1) is 25.0 Å². The topological polar surface area (TPSA) is 116 Å². The maximum atomic E-state index is 13.7. The standard InChI is InChI=1S/C27H35N7O3/c1-16(2)34-22(11-13-29-34)25(35)32-24(23(18-7-8-18)19-9-10-19)26(36)31-20-14-30-33(15-20)17(3)21-6-5-12-28-27(21)37-4/h5-6,11-19,23-24H,7-10H2,1-4H3,(H,31,36)(H,32,35)/t17?,24-/m0/s1. The molecule has 0 aliphatic heterocycles. The summed E-state index contributed by atoms with van der Waals surface area (Å²) in [6.07, 6.45) is 11.2. The minimum absolute atomic E-state index is 0.0388. The van der Waals surface area contributed by atoms with Crippen molar-refractivity contribution in [1.29, 1.82) is 0 Å². The van der Waals surface area contributed by atoms with E-state index in [1.165, 1.54) is 0 Å². The average Bonchev–Trinajstić information content (AvgIpc) is 3.81. The van der Waals surface area contributed by atoms with Gasteiger partial charge in [0, 0.05) is 30.2 Å². The molecule has 10 heteroatoms. The van der Waals surface area contributed by atoms with Crippen molar-refractivity contribution >= 4 is 17.5 Å². The van der Waals surface area contributed by atoms with Crippen LogP contribution in [-0.4, -0.2) is 49.5 Å². The van der Waals surface area contributed by atoms with Crippen LogP contribution in [0.2, 0.25) is 0 Å². The van der Waals surface area contributed by atoms with Crippen LogP contribution in [0.1, 0.15) is 74.6 Å². The lowest BCUT2D eigenvalue weighted by Gasteiger charge is -2.27. The molecule has 196 valence electrons. The third-order valence-electron chi connectivity index (χ3n) is 7.39. The first kappa shape index (κ1) is 25.0. The monoisotopic (exact) mass is 505 g/mol. The highest BCUT2D eigenvalue weighted by Crippen LogP contribution is 2.51. The fourth-order valence-corrected chi connectivity index (χ4v) is 5.22. The highest BCUT2D eigenvalue weighted by molar-refractivity contribution is 6.00. The molecule has 0 radical (unpaired) electrons. The highest BCUT2D eigenvalue weighted by atomic mass is 16.5. The summed E-state index contributed by atoms with van der Waals surface area (Å²) >= 11 is 0. The SMILES string of the molecule is COc1ncccc1C(C)n1cc(NC(=O)[C@@H](NC(=O)c2ccnn2C(C)C)C(C2CC2)C2CC2)cn1. The van der Waals surface area contributed by atoms with Gasteiger partial charge in [0.15, 0.2) is 0 Å². The summed E-state index contributed by atoms with van der Waals surface area (Å²) in [7, 11) is 1.59. The van der Waals surface area contributed by atoms with E-state index in [0.717, 1.165) is 31.2 Å². The Morgan fingerprint density at radius 1 is 1.05 bits per heavy atom. The van der Waals surface area contributed by atoms with Gasteiger partial charge in [-0.25, -0.2) is 4.98 Å². The maximum Gasteiger partial charge on any atom is 0.270 e. The molecule has 0 aromatic carbocycles. The third kappa shape index (κ3) is 5.38. The predicted molar refractivity (Wildman–Crippen MR) is 138 cm³/mol. The lowest BCUT2D eigenvalue weighted by molar-refractivity contribution is -0.119. The van der Waals surface area contributed by atoms with Crippen LogP contribution < -0.4 is 15.4 Å². The number of hydrogen-bond acceptors (Lipinski definition) is 6. The first-order valence-corrected chi connectivity index (χ1v) is 13.1. The van der Waals surface area contributed by atoms with E-state index in [-0.39, 0.29) is 29.8 Å². The van der Waals surface area contributed by atoms with Gasteiger partial charge >= 0.3 is 0 Å². The predicted octanol–water partition coefficient (Wildman–Crippen LogP) is 3.85. The summed E-state index contributed by atoms with van der Waals surface area (Å²) in [6.45, 7) is 5.95. The van der Waals surface area contributed by atoms with Crippen molar-refractivity contribution in [1.82, 2.24) is 29.9 Å². The molecule has 10 nitrogen and oxygen atoms in total. The number of nitrogens with one attached hydrogen (secondary N) is 2. The third-order valence-corrected chi connectivity index (χ3v) is 7.39. The summed E-state index contributed by atoms with van der Waals surface area (Å²) in [6, 6.07) is 4.77. The number of nitrogens with zero attached hydrogens (tertiary/aromatic N) is 5. The first-order chi connectivity index (χ1) is 17.9. The van der Waals surface area contributed by atoms with Crippen LogP contribution in [0.4, 0.5) is 5.69 Å². The number of rotatable bonds is 11. The largest absolute Gasteiger partial charge is 0.481 e. The van der Waals surface area contributed by atoms with Crippen molar-refractivity contribution in [2.24, 2.45) is 17.8 Å². The number of methoxy groups -OCH3 is 1. The molecule has 2 atom stereocenters. The number of pyridine rings is 1. The van der Waals surface area contributed by atoms with Crippen molar-refractivity contribution in [2.75, 3.05) is 12.4 Å². The maximum absolute atomic E-state index is 13.7. The molecular weight excluding hydrogens is 470 g/mol. The van der Waals surface area contributed by atoms with Gasteiger partial charge in [-0.3, -0.25) is 19.0 Å². The van der Waals surface area contributed by atoms with Crippen LogP contribution in [0.25, 0.3) is 0 Å². The van der Waals surface area contributed by atoms with Gasteiger partial charge in [0.25, 0.3) is 5.91 Å². The van der Waals surface area contributed by atoms with E-state index in [0.29, 0.717) is 29.1 Å². The molecule has 3 aromatic heterocycles. The average molecular weight is 506 g/mol. The molecule has 2 aliphatic rings. The smallest absolute Gasteiger partial charge is 0.270 e. The van der Waals surface area contributed by atoms with Crippen LogP contribution in [0.3, 0.4) is 0 Å². The Labute approximate surface area is 216 Å². The zero-order valence-electron chi connectivity index (χ0n) is 21.8. The van der Waals surface area contributed by atoms with E-state index in [2.05, 4.69) is 25.8 Å². The van der Waals surface area contributed by atoms with Crippen LogP contribution in [0.5, 0.6) is 5.88 Å². The summed E-state index contributed by atoms with van der Waals surface area (Å²) in [5.74, 6) is 1.13. The van der Waals surface area contributed by atoms with E-state index in [4.69, 9.17) is 4.74 Å². The summed E-state index contributed by atoms with van der Waals surface area (Å²) in [5.41, 5.74) is 1.93. The van der Waals surface area contributed by atoms with Crippen molar-refractivity contribution in [3.05, 3.63) is 54.2 Å². The number of ether oxygens (including phenoxy) is 1. The molecule has 3 heterocycles. The van der Waals surface area contributed by atoms with Crippen LogP contribution in [-0.2, 0) is 4.79 Å². The Balaban J connectivity index is 1.35. The van der Waals surface area contributed by atoms with Gasteiger partial charge in [-0.05, 0) is 82.4 Å². The Kier molecular flexibility index (Phi) is 6.99. The summed E-state index contributed by atoms with van der Waals surface area (Å²) < 4.78 is 8.85. The van der Waals surface area contributed by atoms with Gasteiger partial charge < -0.3 is 15.4 Å². The van der Waals surface area contributed by atoms with E-state index < -0.39 is 6.04 Å². The van der Waals surface area contributed by atoms with Crippen molar-refractivity contribution in [2.45, 2.75) is 64.6 Å². The minimum atomic E-state index is -0.623. The molecule has 37 heavy (non-hydrogen) atoms. The number of carbonyl (C=O) groups is 2. The fourth-order valence-electron chi connectivity index (χ4n) is 5.22. The number of aromatic nitrogens is 5. The van der Waals surface area contributed by atoms with Crippen molar-refractivity contribution in [3.63, 3.8) is 0 Å². The molecule has 2 aliphatic carbocycles. The first-order valence-electron chi connectivity index (χ1n) is 13.1. The van der Waals surface area contributed by atoms with E-state index in [1.54, 1.807) is 47.3 Å². The summed E-state index contributed by atoms with van der Waals surface area (Å²) in [5, 5.41) is 14.9.